The third kappa shape index (κ3) is 3.49. The highest BCUT2D eigenvalue weighted by molar-refractivity contribution is 6.04. The Kier molecular flexibility index (Phi) is 5.41. The second kappa shape index (κ2) is 7.91. The van der Waals surface area contributed by atoms with Crippen LogP contribution < -0.4 is 9.47 Å². The summed E-state index contributed by atoms with van der Waals surface area (Å²) >= 11 is 0. The number of rotatable bonds is 5. The van der Waals surface area contributed by atoms with Gasteiger partial charge in [0.05, 0.1) is 26.9 Å². The first-order chi connectivity index (χ1) is 13.1. The van der Waals surface area contributed by atoms with Crippen LogP contribution >= 0.6 is 0 Å². The lowest BCUT2D eigenvalue weighted by Crippen LogP contribution is -2.01. The average Bonchev–Trinajstić information content (AvgIpc) is 2.72. The van der Waals surface area contributed by atoms with E-state index < -0.39 is 0 Å². The van der Waals surface area contributed by atoms with E-state index >= 15 is 0 Å². The normalized spacial score (nSPS) is 11.3. The first kappa shape index (κ1) is 18.5. The van der Waals surface area contributed by atoms with Gasteiger partial charge >= 0.3 is 5.97 Å². The molecule has 0 aliphatic carbocycles. The lowest BCUT2D eigenvalue weighted by Gasteiger charge is -2.16. The van der Waals surface area contributed by atoms with E-state index in [9.17, 15) is 4.79 Å². The van der Waals surface area contributed by atoms with Gasteiger partial charge in [0.1, 0.15) is 11.5 Å². The fourth-order valence-electron chi connectivity index (χ4n) is 3.13. The molecule has 5 heteroatoms. The highest BCUT2D eigenvalue weighted by atomic mass is 16.5. The average molecular weight is 363 g/mol. The number of carbonyl (C=O) groups excluding carboxylic acids is 1. The summed E-state index contributed by atoms with van der Waals surface area (Å²) in [4.78, 5) is 16.1. The Bertz CT molecular complexity index is 1000. The molecule has 0 spiro atoms. The number of benzene rings is 2. The van der Waals surface area contributed by atoms with Crippen LogP contribution in [-0.2, 0) is 9.53 Å². The molecule has 1 heterocycles. The smallest absolute Gasteiger partial charge is 0.333 e. The third-order valence-electron chi connectivity index (χ3n) is 4.43. The van der Waals surface area contributed by atoms with E-state index in [1.165, 1.54) is 7.11 Å². The molecule has 0 fully saturated rings. The molecule has 3 rings (SSSR count). The molecule has 1 aromatic heterocycles. The van der Waals surface area contributed by atoms with Crippen molar-refractivity contribution in [3.63, 3.8) is 0 Å². The van der Waals surface area contributed by atoms with Gasteiger partial charge in [-0.2, -0.15) is 0 Å². The zero-order valence-electron chi connectivity index (χ0n) is 15.8. The molecule has 0 amide bonds. The van der Waals surface area contributed by atoms with Crippen LogP contribution in [0.15, 0.2) is 54.4 Å². The van der Waals surface area contributed by atoms with Crippen LogP contribution in [0.25, 0.3) is 28.0 Å². The van der Waals surface area contributed by atoms with E-state index in [1.54, 1.807) is 33.5 Å². The second-order valence-electron chi connectivity index (χ2n) is 5.98. The van der Waals surface area contributed by atoms with Crippen LogP contribution in [0.4, 0.5) is 0 Å². The maximum absolute atomic E-state index is 11.8. The first-order valence-corrected chi connectivity index (χ1v) is 8.45. The van der Waals surface area contributed by atoms with Gasteiger partial charge in [0, 0.05) is 23.4 Å². The van der Waals surface area contributed by atoms with Gasteiger partial charge in [-0.3, -0.25) is 4.98 Å². The Morgan fingerprint density at radius 1 is 0.963 bits per heavy atom. The number of hydrogen-bond donors (Lipinski definition) is 0. The molecule has 0 unspecified atom stereocenters. The fourth-order valence-corrected chi connectivity index (χ4v) is 3.13. The fraction of sp³-hybridized carbons (Fsp3) is 0.182. The molecule has 0 radical (unpaired) electrons. The Morgan fingerprint density at radius 2 is 1.67 bits per heavy atom. The SMILES string of the molecule is COC(=O)/C(C)=C/c1ccc(-c2c(OC)cccc2OC)c2cnccc12. The van der Waals surface area contributed by atoms with Crippen molar-refractivity contribution < 1.29 is 19.0 Å². The second-order valence-corrected chi connectivity index (χ2v) is 5.98. The number of ether oxygens (including phenoxy) is 3. The van der Waals surface area contributed by atoms with Crippen LogP contribution in [0.5, 0.6) is 11.5 Å². The van der Waals surface area contributed by atoms with Gasteiger partial charge in [0.25, 0.3) is 0 Å². The topological polar surface area (TPSA) is 57.7 Å². The minimum atomic E-state index is -0.354. The van der Waals surface area contributed by atoms with Crippen molar-refractivity contribution in [2.24, 2.45) is 0 Å². The molecule has 0 atom stereocenters. The standard InChI is InChI=1S/C22H21NO4/c1-14(22(24)27-4)12-15-8-9-17(18-13-23-11-10-16(15)18)21-19(25-2)6-5-7-20(21)26-3/h5-13H,1-4H3/b14-12+. The van der Waals surface area contributed by atoms with Crippen LogP contribution in [-0.4, -0.2) is 32.3 Å². The van der Waals surface area contributed by atoms with Crippen LogP contribution in [0.2, 0.25) is 0 Å². The summed E-state index contributed by atoms with van der Waals surface area (Å²) in [6, 6.07) is 11.6. The highest BCUT2D eigenvalue weighted by Gasteiger charge is 2.16. The van der Waals surface area contributed by atoms with Crippen molar-refractivity contribution in [3.8, 4) is 22.6 Å². The van der Waals surface area contributed by atoms with E-state index in [2.05, 4.69) is 4.98 Å². The van der Waals surface area contributed by atoms with E-state index in [-0.39, 0.29) is 5.97 Å². The predicted octanol–water partition coefficient (Wildman–Crippen LogP) is 4.50. The van der Waals surface area contributed by atoms with E-state index in [0.29, 0.717) is 17.1 Å². The minimum Gasteiger partial charge on any atom is -0.496 e. The highest BCUT2D eigenvalue weighted by Crippen LogP contribution is 2.42. The summed E-state index contributed by atoms with van der Waals surface area (Å²) in [5.41, 5.74) is 3.24. The maximum atomic E-state index is 11.8. The van der Waals surface area contributed by atoms with Gasteiger partial charge in [-0.1, -0.05) is 18.2 Å². The van der Waals surface area contributed by atoms with Crippen molar-refractivity contribution >= 4 is 22.8 Å². The number of aromatic nitrogens is 1. The molecule has 27 heavy (non-hydrogen) atoms. The van der Waals surface area contributed by atoms with Gasteiger partial charge in [-0.15, -0.1) is 0 Å². The molecule has 5 nitrogen and oxygen atoms in total. The zero-order chi connectivity index (χ0) is 19.4. The molecule has 0 bridgehead atoms. The summed E-state index contributed by atoms with van der Waals surface area (Å²) in [5.74, 6) is 1.08. The molecule has 3 aromatic rings. The summed E-state index contributed by atoms with van der Waals surface area (Å²) < 4.78 is 15.9. The molecular weight excluding hydrogens is 342 g/mol. The molecule has 0 saturated heterocycles. The van der Waals surface area contributed by atoms with Crippen molar-refractivity contribution in [1.82, 2.24) is 4.98 Å². The minimum absolute atomic E-state index is 0.354. The van der Waals surface area contributed by atoms with Crippen molar-refractivity contribution in [2.75, 3.05) is 21.3 Å². The van der Waals surface area contributed by atoms with Gasteiger partial charge in [0.2, 0.25) is 0 Å². The van der Waals surface area contributed by atoms with Crippen LogP contribution in [0.1, 0.15) is 12.5 Å². The van der Waals surface area contributed by atoms with Gasteiger partial charge in [-0.25, -0.2) is 4.79 Å². The number of fused-ring (bicyclic) bond motifs is 1. The molecule has 0 saturated carbocycles. The summed E-state index contributed by atoms with van der Waals surface area (Å²) in [6.45, 7) is 1.73. The molecule has 0 aliphatic heterocycles. The zero-order valence-corrected chi connectivity index (χ0v) is 15.8. The van der Waals surface area contributed by atoms with E-state index in [1.807, 2.05) is 42.5 Å². The van der Waals surface area contributed by atoms with Gasteiger partial charge in [0.15, 0.2) is 0 Å². The Hall–Kier alpha value is -3.34. The largest absolute Gasteiger partial charge is 0.496 e. The van der Waals surface area contributed by atoms with Gasteiger partial charge < -0.3 is 14.2 Å². The number of esters is 1. The quantitative estimate of drug-likeness (QED) is 0.494. The molecule has 0 N–H and O–H groups in total. The monoisotopic (exact) mass is 363 g/mol. The van der Waals surface area contributed by atoms with Crippen molar-refractivity contribution in [1.29, 1.82) is 0 Å². The Labute approximate surface area is 158 Å². The lowest BCUT2D eigenvalue weighted by molar-refractivity contribution is -0.135. The molecule has 2 aromatic carbocycles. The molecule has 0 aliphatic rings. The van der Waals surface area contributed by atoms with Crippen molar-refractivity contribution in [3.05, 3.63) is 59.9 Å². The third-order valence-corrected chi connectivity index (χ3v) is 4.43. The summed E-state index contributed by atoms with van der Waals surface area (Å²) in [5, 5.41) is 1.91. The van der Waals surface area contributed by atoms with E-state index in [0.717, 1.165) is 27.5 Å². The van der Waals surface area contributed by atoms with Crippen molar-refractivity contribution in [2.45, 2.75) is 6.92 Å². The molecule has 138 valence electrons. The lowest BCUT2D eigenvalue weighted by atomic mass is 9.94. The maximum Gasteiger partial charge on any atom is 0.333 e. The Morgan fingerprint density at radius 3 is 2.30 bits per heavy atom. The summed E-state index contributed by atoms with van der Waals surface area (Å²) in [7, 11) is 4.64. The first-order valence-electron chi connectivity index (χ1n) is 8.45. The number of hydrogen-bond acceptors (Lipinski definition) is 5. The number of nitrogens with zero attached hydrogens (tertiary/aromatic N) is 1. The Balaban J connectivity index is 2.28. The van der Waals surface area contributed by atoms with E-state index in [4.69, 9.17) is 14.2 Å². The van der Waals surface area contributed by atoms with Gasteiger partial charge in [-0.05, 0) is 47.7 Å². The molecular formula is C22H21NO4. The van der Waals surface area contributed by atoms with Crippen LogP contribution in [0.3, 0.4) is 0 Å². The number of carbonyl (C=O) groups is 1. The number of methoxy groups -OCH3 is 3. The summed E-state index contributed by atoms with van der Waals surface area (Å²) in [6.07, 6.45) is 5.36. The van der Waals surface area contributed by atoms with Crippen LogP contribution in [0, 0.1) is 0 Å². The number of pyridine rings is 1. The predicted molar refractivity (Wildman–Crippen MR) is 106 cm³/mol.